The maximum atomic E-state index is 17.3. The van der Waals surface area contributed by atoms with Crippen LogP contribution in [0.25, 0.3) is 0 Å². The first kappa shape index (κ1) is 25.8. The van der Waals surface area contributed by atoms with Gasteiger partial charge >= 0.3 is 5.97 Å². The summed E-state index contributed by atoms with van der Waals surface area (Å²) in [5, 5.41) is 10.8. The fraction of sp³-hybridized carbons (Fsp3) is 0.593. The zero-order valence-electron chi connectivity index (χ0n) is 20.6. The second-order valence-electron chi connectivity index (χ2n) is 11.3. The number of aryl methyl sites for hydroxylation is 1. The molecule has 3 fully saturated rings. The number of aliphatic hydroxyl groups is 1. The minimum absolute atomic E-state index is 0.0403. The number of ether oxygens (including phenoxy) is 1. The van der Waals surface area contributed by atoms with Crippen molar-refractivity contribution < 1.29 is 33.0 Å². The molecule has 0 aromatic carbocycles. The van der Waals surface area contributed by atoms with Crippen LogP contribution in [0.15, 0.2) is 35.9 Å². The van der Waals surface area contributed by atoms with Gasteiger partial charge in [0.1, 0.15) is 11.0 Å². The lowest BCUT2D eigenvalue weighted by molar-refractivity contribution is -0.221. The summed E-state index contributed by atoms with van der Waals surface area (Å²) in [6.07, 6.45) is 0.453. The number of thiophene rings is 1. The Kier molecular flexibility index (Phi) is 5.79. The average Bonchev–Trinajstić information content (AvgIpc) is 3.32. The van der Waals surface area contributed by atoms with Crippen LogP contribution in [0, 0.1) is 35.5 Å². The number of alkyl halides is 2. The van der Waals surface area contributed by atoms with Crippen molar-refractivity contribution in [2.45, 2.75) is 70.5 Å². The molecule has 9 heteroatoms. The van der Waals surface area contributed by atoms with Crippen molar-refractivity contribution in [2.75, 3.05) is 0 Å². The molecule has 0 bridgehead atoms. The summed E-state index contributed by atoms with van der Waals surface area (Å²) >= 11 is 5.41. The third-order valence-corrected chi connectivity index (χ3v) is 11.0. The van der Waals surface area contributed by atoms with Gasteiger partial charge in [0.2, 0.25) is 5.12 Å². The molecule has 5 unspecified atom stereocenters. The Morgan fingerprint density at radius 1 is 1.22 bits per heavy atom. The van der Waals surface area contributed by atoms with Crippen LogP contribution in [0.4, 0.5) is 8.78 Å². The first-order chi connectivity index (χ1) is 16.7. The van der Waals surface area contributed by atoms with Gasteiger partial charge in [0.05, 0.1) is 6.10 Å². The summed E-state index contributed by atoms with van der Waals surface area (Å²) in [7, 11) is 0. The molecule has 36 heavy (non-hydrogen) atoms. The molecule has 0 aliphatic heterocycles. The number of fused-ring (bicyclic) bond motifs is 5. The number of halogens is 2. The molecule has 9 atom stereocenters. The van der Waals surface area contributed by atoms with Gasteiger partial charge in [0.15, 0.2) is 17.1 Å². The normalized spacial score (nSPS) is 45.4. The van der Waals surface area contributed by atoms with E-state index >= 15 is 8.78 Å². The van der Waals surface area contributed by atoms with Crippen LogP contribution < -0.4 is 0 Å². The molecule has 5 nitrogen and oxygen atoms in total. The van der Waals surface area contributed by atoms with E-state index in [-0.39, 0.29) is 18.4 Å². The predicted octanol–water partition coefficient (Wildman–Crippen LogP) is 4.97. The van der Waals surface area contributed by atoms with Crippen molar-refractivity contribution in [2.24, 2.45) is 28.6 Å². The largest absolute Gasteiger partial charge is 0.445 e. The third kappa shape index (κ3) is 3.05. The maximum Gasteiger partial charge on any atom is 0.349 e. The van der Waals surface area contributed by atoms with Crippen LogP contribution in [0.1, 0.15) is 54.6 Å². The van der Waals surface area contributed by atoms with Gasteiger partial charge in [0.25, 0.3) is 0 Å². The molecule has 1 aromatic rings. The van der Waals surface area contributed by atoms with Crippen LogP contribution in [-0.4, -0.2) is 45.5 Å². The lowest BCUT2D eigenvalue weighted by atomic mass is 9.44. The van der Waals surface area contributed by atoms with E-state index in [9.17, 15) is 19.5 Å². The van der Waals surface area contributed by atoms with Crippen LogP contribution in [0.3, 0.4) is 0 Å². The van der Waals surface area contributed by atoms with Crippen molar-refractivity contribution >= 4 is 40.8 Å². The molecular formula is C27H30F2O5S2. The Balaban J connectivity index is 1.61. The molecule has 194 valence electrons. The molecule has 0 radical (unpaired) electrons. The number of esters is 1. The molecule has 0 amide bonds. The summed E-state index contributed by atoms with van der Waals surface area (Å²) in [5.41, 5.74) is -6.65. The van der Waals surface area contributed by atoms with E-state index in [1.165, 1.54) is 30.4 Å². The van der Waals surface area contributed by atoms with Crippen LogP contribution in [0.5, 0.6) is 0 Å². The highest BCUT2D eigenvalue weighted by atomic mass is 32.1. The Morgan fingerprint density at radius 3 is 2.53 bits per heavy atom. The minimum atomic E-state index is -2.27. The van der Waals surface area contributed by atoms with E-state index in [1.54, 1.807) is 26.0 Å². The first-order valence-electron chi connectivity index (χ1n) is 12.2. The molecule has 5 rings (SSSR count). The van der Waals surface area contributed by atoms with Crippen molar-refractivity contribution in [3.8, 4) is 0 Å². The SMILES string of the molecule is Cc1ccc(C(=O)OC2(C(=O)S)C(C)C[C@H]3[C@@H]4CC(F)C5=CC(=O)C=C[C@]5(C)C4(F)C(O)C[C@@]32C)s1. The second-order valence-corrected chi connectivity index (χ2v) is 13.0. The maximum absolute atomic E-state index is 17.3. The van der Waals surface area contributed by atoms with Crippen molar-refractivity contribution in [1.29, 1.82) is 0 Å². The van der Waals surface area contributed by atoms with Gasteiger partial charge in [-0.2, -0.15) is 0 Å². The Hall–Kier alpha value is -1.84. The zero-order chi connectivity index (χ0) is 26.4. The third-order valence-electron chi connectivity index (χ3n) is 9.68. The minimum Gasteiger partial charge on any atom is -0.445 e. The van der Waals surface area contributed by atoms with Gasteiger partial charge in [-0.15, -0.1) is 24.0 Å². The number of allylic oxidation sites excluding steroid dienone is 4. The highest BCUT2D eigenvalue weighted by molar-refractivity contribution is 7.96. The quantitative estimate of drug-likeness (QED) is 0.421. The Morgan fingerprint density at radius 2 is 1.92 bits per heavy atom. The van der Waals surface area contributed by atoms with Gasteiger partial charge < -0.3 is 9.84 Å². The lowest BCUT2D eigenvalue weighted by Gasteiger charge is -2.63. The first-order valence-corrected chi connectivity index (χ1v) is 13.5. The molecule has 4 aliphatic rings. The van der Waals surface area contributed by atoms with E-state index < -0.39 is 69.0 Å². The van der Waals surface area contributed by atoms with Crippen LogP contribution in [-0.2, 0) is 14.3 Å². The molecular weight excluding hydrogens is 506 g/mol. The van der Waals surface area contributed by atoms with Gasteiger partial charge in [0, 0.05) is 27.5 Å². The number of carbonyl (C=O) groups excluding carboxylic acids is 3. The lowest BCUT2D eigenvalue weighted by Crippen LogP contribution is -2.70. The summed E-state index contributed by atoms with van der Waals surface area (Å²) in [4.78, 5) is 39.7. The second kappa shape index (κ2) is 8.08. The van der Waals surface area contributed by atoms with Crippen molar-refractivity contribution in [3.05, 3.63) is 45.7 Å². The number of aliphatic hydroxyl groups excluding tert-OH is 1. The van der Waals surface area contributed by atoms with Crippen molar-refractivity contribution in [3.63, 3.8) is 0 Å². The standard InChI is InChI=1S/C27H30F2O5S2/c1-13-9-16-17-11-19(28)18-10-15(30)7-8-24(18,3)26(17,29)21(31)12-25(16,4)27(13,23(33)35)34-22(32)20-6-5-14(2)36-20/h5-8,10,13,16-17,19,21,31H,9,11-12H2,1-4H3,(H,33,35)/t13?,16-,17-,19?,21?,24-,25-,26?,27?/m0/s1. The van der Waals surface area contributed by atoms with E-state index in [0.717, 1.165) is 11.0 Å². The molecule has 0 spiro atoms. The fourth-order valence-electron chi connectivity index (χ4n) is 7.98. The number of hydrogen-bond donors (Lipinski definition) is 2. The van der Waals surface area contributed by atoms with E-state index in [1.807, 2.05) is 6.92 Å². The topological polar surface area (TPSA) is 80.7 Å². The smallest absolute Gasteiger partial charge is 0.349 e. The molecule has 3 saturated carbocycles. The van der Waals surface area contributed by atoms with Gasteiger partial charge in [-0.1, -0.05) is 19.9 Å². The number of carbonyl (C=O) groups is 3. The van der Waals surface area contributed by atoms with Crippen molar-refractivity contribution in [1.82, 2.24) is 0 Å². The van der Waals surface area contributed by atoms with Gasteiger partial charge in [-0.3, -0.25) is 9.59 Å². The van der Waals surface area contributed by atoms with E-state index in [2.05, 4.69) is 12.6 Å². The highest BCUT2D eigenvalue weighted by Gasteiger charge is 2.78. The summed E-state index contributed by atoms with van der Waals surface area (Å²) < 4.78 is 38.9. The van der Waals surface area contributed by atoms with E-state index in [0.29, 0.717) is 11.3 Å². The monoisotopic (exact) mass is 536 g/mol. The Labute approximate surface area is 218 Å². The van der Waals surface area contributed by atoms with Gasteiger partial charge in [-0.05, 0) is 68.9 Å². The molecule has 4 aliphatic carbocycles. The summed E-state index contributed by atoms with van der Waals surface area (Å²) in [6.45, 7) is 6.87. The van der Waals surface area contributed by atoms with Crippen LogP contribution in [0.2, 0.25) is 0 Å². The molecule has 1 heterocycles. The number of rotatable bonds is 3. The van der Waals surface area contributed by atoms with Crippen LogP contribution >= 0.6 is 24.0 Å². The number of hydrogen-bond acceptors (Lipinski definition) is 6. The highest BCUT2D eigenvalue weighted by Crippen LogP contribution is 2.71. The zero-order valence-corrected chi connectivity index (χ0v) is 22.3. The predicted molar refractivity (Wildman–Crippen MR) is 134 cm³/mol. The molecule has 1 N–H and O–H groups in total. The van der Waals surface area contributed by atoms with Gasteiger partial charge in [-0.25, -0.2) is 13.6 Å². The molecule has 1 aromatic heterocycles. The Bertz CT molecular complexity index is 1220. The average molecular weight is 537 g/mol. The fourth-order valence-corrected chi connectivity index (χ4v) is 9.25. The molecule has 0 saturated heterocycles. The summed E-state index contributed by atoms with van der Waals surface area (Å²) in [5.74, 6) is -3.16. The number of thiol groups is 1. The van der Waals surface area contributed by atoms with E-state index in [4.69, 9.17) is 4.74 Å². The summed E-state index contributed by atoms with van der Waals surface area (Å²) in [6, 6.07) is 3.40. The number of ketones is 1.